The van der Waals surface area contributed by atoms with Crippen LogP contribution in [0.3, 0.4) is 0 Å². The van der Waals surface area contributed by atoms with Crippen LogP contribution in [0.2, 0.25) is 0 Å². The summed E-state index contributed by atoms with van der Waals surface area (Å²) in [6.45, 7) is 4.02. The predicted molar refractivity (Wildman–Crippen MR) is 91.3 cm³/mol. The second-order valence-electron chi connectivity index (χ2n) is 5.76. The smallest absolute Gasteiger partial charge is 0.315 e. The highest BCUT2D eigenvalue weighted by atomic mass is 19.1. The number of rotatable bonds is 5. The van der Waals surface area contributed by atoms with Crippen molar-refractivity contribution < 1.29 is 18.4 Å². The average molecular weight is 347 g/mol. The third-order valence-electron chi connectivity index (χ3n) is 3.27. The highest BCUT2D eigenvalue weighted by molar-refractivity contribution is 6.04. The predicted octanol–water partition coefficient (Wildman–Crippen LogP) is 3.42. The van der Waals surface area contributed by atoms with Gasteiger partial charge in [0.05, 0.1) is 5.69 Å². The van der Waals surface area contributed by atoms with Gasteiger partial charge in [0.25, 0.3) is 5.91 Å². The van der Waals surface area contributed by atoms with Crippen LogP contribution < -0.4 is 16.0 Å². The second kappa shape index (κ2) is 8.23. The average Bonchev–Trinajstić information content (AvgIpc) is 2.56. The van der Waals surface area contributed by atoms with Gasteiger partial charge in [0.1, 0.15) is 11.6 Å². The fourth-order valence-corrected chi connectivity index (χ4v) is 2.06. The van der Waals surface area contributed by atoms with E-state index in [1.807, 2.05) is 13.8 Å². The molecule has 0 heterocycles. The van der Waals surface area contributed by atoms with Crippen molar-refractivity contribution in [2.75, 3.05) is 5.32 Å². The molecule has 0 radical (unpaired) electrons. The number of amides is 3. The molecule has 0 spiro atoms. The van der Waals surface area contributed by atoms with Crippen LogP contribution >= 0.6 is 0 Å². The molecule has 0 fully saturated rings. The summed E-state index contributed by atoms with van der Waals surface area (Å²) in [7, 11) is 0. The van der Waals surface area contributed by atoms with Gasteiger partial charge in [0.15, 0.2) is 0 Å². The fourth-order valence-electron chi connectivity index (χ4n) is 2.06. The molecule has 2 aromatic rings. The quantitative estimate of drug-likeness (QED) is 0.776. The third-order valence-corrected chi connectivity index (χ3v) is 3.27. The molecule has 0 aromatic heterocycles. The van der Waals surface area contributed by atoms with Crippen LogP contribution in [0, 0.1) is 11.6 Å². The summed E-state index contributed by atoms with van der Waals surface area (Å²) in [5, 5.41) is 7.71. The van der Waals surface area contributed by atoms with Crippen LogP contribution in [0.4, 0.5) is 19.3 Å². The maximum atomic E-state index is 13.5. The van der Waals surface area contributed by atoms with Gasteiger partial charge in [0, 0.05) is 24.2 Å². The zero-order valence-electron chi connectivity index (χ0n) is 13.9. The van der Waals surface area contributed by atoms with Crippen molar-refractivity contribution >= 4 is 17.6 Å². The first-order valence-electron chi connectivity index (χ1n) is 7.75. The minimum atomic E-state index is -0.716. The van der Waals surface area contributed by atoms with Gasteiger partial charge < -0.3 is 16.0 Å². The highest BCUT2D eigenvalue weighted by Gasteiger charge is 2.10. The van der Waals surface area contributed by atoms with Crippen molar-refractivity contribution in [2.45, 2.75) is 26.4 Å². The number of anilines is 1. The second-order valence-corrected chi connectivity index (χ2v) is 5.76. The molecule has 0 saturated carbocycles. The molecule has 0 atom stereocenters. The first-order chi connectivity index (χ1) is 11.8. The number of nitrogens with one attached hydrogen (secondary N) is 3. The van der Waals surface area contributed by atoms with Gasteiger partial charge in [0.2, 0.25) is 0 Å². The van der Waals surface area contributed by atoms with Gasteiger partial charge in [-0.15, -0.1) is 0 Å². The maximum Gasteiger partial charge on any atom is 0.315 e. The lowest BCUT2D eigenvalue weighted by atomic mass is 10.1. The molecule has 25 heavy (non-hydrogen) atoms. The molecule has 7 heteroatoms. The van der Waals surface area contributed by atoms with E-state index in [2.05, 4.69) is 16.0 Å². The molecule has 0 unspecified atom stereocenters. The van der Waals surface area contributed by atoms with Gasteiger partial charge >= 0.3 is 6.03 Å². The van der Waals surface area contributed by atoms with Gasteiger partial charge in [-0.25, -0.2) is 13.6 Å². The Morgan fingerprint density at radius 3 is 2.36 bits per heavy atom. The van der Waals surface area contributed by atoms with Crippen molar-refractivity contribution in [1.82, 2.24) is 10.6 Å². The standard InChI is InChI=1S/C18H19F2N3O2/c1-11(2)22-18(25)21-10-12-3-5-13(6-4-12)17(24)23-16-9-14(19)7-8-15(16)20/h3-9,11H,10H2,1-2H3,(H,23,24)(H2,21,22,25). The van der Waals surface area contributed by atoms with Crippen LogP contribution in [0.5, 0.6) is 0 Å². The van der Waals surface area contributed by atoms with E-state index in [1.54, 1.807) is 24.3 Å². The number of hydrogen-bond donors (Lipinski definition) is 3. The number of urea groups is 1. The van der Waals surface area contributed by atoms with E-state index in [4.69, 9.17) is 0 Å². The van der Waals surface area contributed by atoms with E-state index in [0.717, 1.165) is 23.8 Å². The van der Waals surface area contributed by atoms with Crippen molar-refractivity contribution in [2.24, 2.45) is 0 Å². The Morgan fingerprint density at radius 2 is 1.72 bits per heavy atom. The van der Waals surface area contributed by atoms with Crippen molar-refractivity contribution in [1.29, 1.82) is 0 Å². The highest BCUT2D eigenvalue weighted by Crippen LogP contribution is 2.16. The lowest BCUT2D eigenvalue weighted by Gasteiger charge is -2.10. The zero-order valence-corrected chi connectivity index (χ0v) is 13.9. The Morgan fingerprint density at radius 1 is 1.04 bits per heavy atom. The van der Waals surface area contributed by atoms with E-state index in [9.17, 15) is 18.4 Å². The molecule has 3 N–H and O–H groups in total. The molecular weight excluding hydrogens is 328 g/mol. The summed E-state index contributed by atoms with van der Waals surface area (Å²) in [6, 6.07) is 9.03. The van der Waals surface area contributed by atoms with Crippen LogP contribution in [0.15, 0.2) is 42.5 Å². The molecule has 2 aromatic carbocycles. The number of halogens is 2. The molecule has 2 rings (SSSR count). The van der Waals surface area contributed by atoms with E-state index in [1.165, 1.54) is 0 Å². The summed E-state index contributed by atoms with van der Waals surface area (Å²) < 4.78 is 26.7. The Hall–Kier alpha value is -2.96. The molecule has 0 aliphatic carbocycles. The number of benzene rings is 2. The minimum absolute atomic E-state index is 0.0364. The van der Waals surface area contributed by atoms with E-state index >= 15 is 0 Å². The molecule has 0 bridgehead atoms. The summed E-state index contributed by atoms with van der Waals surface area (Å²) >= 11 is 0. The minimum Gasteiger partial charge on any atom is -0.336 e. The van der Waals surface area contributed by atoms with Crippen molar-refractivity contribution in [3.8, 4) is 0 Å². The zero-order chi connectivity index (χ0) is 18.4. The van der Waals surface area contributed by atoms with E-state index in [-0.39, 0.29) is 17.8 Å². The van der Waals surface area contributed by atoms with Gasteiger partial charge in [-0.2, -0.15) is 0 Å². The Kier molecular flexibility index (Phi) is 6.05. The molecule has 5 nitrogen and oxygen atoms in total. The number of carbonyl (C=O) groups excluding carboxylic acids is 2. The molecular formula is C18H19F2N3O2. The van der Waals surface area contributed by atoms with Gasteiger partial charge in [-0.1, -0.05) is 12.1 Å². The molecule has 0 aliphatic rings. The van der Waals surface area contributed by atoms with Gasteiger partial charge in [-0.05, 0) is 43.7 Å². The molecule has 3 amide bonds. The maximum absolute atomic E-state index is 13.5. The van der Waals surface area contributed by atoms with Gasteiger partial charge in [-0.3, -0.25) is 4.79 Å². The number of carbonyl (C=O) groups is 2. The SMILES string of the molecule is CC(C)NC(=O)NCc1ccc(C(=O)Nc2cc(F)ccc2F)cc1. The van der Waals surface area contributed by atoms with Crippen LogP contribution in [0.1, 0.15) is 29.8 Å². The Labute approximate surface area is 144 Å². The Balaban J connectivity index is 1.96. The lowest BCUT2D eigenvalue weighted by molar-refractivity contribution is 0.102. The van der Waals surface area contributed by atoms with Crippen LogP contribution in [-0.4, -0.2) is 18.0 Å². The summed E-state index contributed by atoms with van der Waals surface area (Å²) in [5.74, 6) is -1.91. The fraction of sp³-hybridized carbons (Fsp3) is 0.222. The monoisotopic (exact) mass is 347 g/mol. The largest absolute Gasteiger partial charge is 0.336 e. The molecule has 0 aliphatic heterocycles. The Bertz CT molecular complexity index is 761. The molecule has 0 saturated heterocycles. The van der Waals surface area contributed by atoms with Crippen molar-refractivity contribution in [3.63, 3.8) is 0 Å². The normalized spacial score (nSPS) is 10.4. The topological polar surface area (TPSA) is 70.2 Å². The summed E-state index contributed by atoms with van der Waals surface area (Å²) in [6.07, 6.45) is 0. The molecule has 132 valence electrons. The van der Waals surface area contributed by atoms with Crippen molar-refractivity contribution in [3.05, 3.63) is 65.2 Å². The van der Waals surface area contributed by atoms with Crippen LogP contribution in [-0.2, 0) is 6.54 Å². The number of hydrogen-bond acceptors (Lipinski definition) is 2. The summed E-state index contributed by atoms with van der Waals surface area (Å²) in [5.41, 5.74) is 0.868. The van der Waals surface area contributed by atoms with E-state index < -0.39 is 17.5 Å². The first-order valence-corrected chi connectivity index (χ1v) is 7.75. The lowest BCUT2D eigenvalue weighted by Crippen LogP contribution is -2.39. The van der Waals surface area contributed by atoms with E-state index in [0.29, 0.717) is 12.1 Å². The first kappa shape index (κ1) is 18.4. The third kappa shape index (κ3) is 5.56. The summed E-state index contributed by atoms with van der Waals surface area (Å²) in [4.78, 5) is 23.6. The van der Waals surface area contributed by atoms with Crippen LogP contribution in [0.25, 0.3) is 0 Å².